The number of H-pyrrole nitrogens is 1. The second-order valence-electron chi connectivity index (χ2n) is 8.05. The molecular formula is C24H26N4O5. The van der Waals surface area contributed by atoms with Gasteiger partial charge in [-0.15, -0.1) is 0 Å². The van der Waals surface area contributed by atoms with Crippen LogP contribution in [0.4, 0.5) is 0 Å². The van der Waals surface area contributed by atoms with Crippen LogP contribution in [-0.4, -0.2) is 35.5 Å². The third-order valence-electron chi connectivity index (χ3n) is 6.07. The van der Waals surface area contributed by atoms with E-state index in [-0.39, 0.29) is 5.69 Å². The van der Waals surface area contributed by atoms with E-state index >= 15 is 0 Å². The molecule has 0 fully saturated rings. The van der Waals surface area contributed by atoms with Crippen molar-refractivity contribution in [2.24, 2.45) is 0 Å². The van der Waals surface area contributed by atoms with Crippen molar-refractivity contribution in [2.75, 3.05) is 20.8 Å². The van der Waals surface area contributed by atoms with Gasteiger partial charge in [0.2, 0.25) is 0 Å². The minimum atomic E-state index is -0.136. The number of imidazole rings is 1. The minimum absolute atomic E-state index is 0.136. The van der Waals surface area contributed by atoms with Gasteiger partial charge in [-0.25, -0.2) is 4.79 Å². The summed E-state index contributed by atoms with van der Waals surface area (Å²) in [6.45, 7) is 5.84. The van der Waals surface area contributed by atoms with Crippen molar-refractivity contribution in [2.45, 2.75) is 33.5 Å². The van der Waals surface area contributed by atoms with Gasteiger partial charge >= 0.3 is 5.69 Å². The third kappa shape index (κ3) is 3.54. The number of aromatic amines is 1. The van der Waals surface area contributed by atoms with Crippen molar-refractivity contribution in [3.05, 3.63) is 57.3 Å². The summed E-state index contributed by atoms with van der Waals surface area (Å²) in [6, 6.07) is 7.79. The van der Waals surface area contributed by atoms with Crippen LogP contribution in [0.2, 0.25) is 0 Å². The zero-order valence-corrected chi connectivity index (χ0v) is 19.1. The van der Waals surface area contributed by atoms with Crippen LogP contribution in [0.15, 0.2) is 33.6 Å². The number of nitrogens with zero attached hydrogens (tertiary/aromatic N) is 2. The molecule has 0 aliphatic carbocycles. The average molecular weight is 450 g/mol. The third-order valence-corrected chi connectivity index (χ3v) is 6.07. The summed E-state index contributed by atoms with van der Waals surface area (Å²) in [5, 5.41) is 7.59. The molecule has 9 nitrogen and oxygen atoms in total. The number of hydrogen-bond acceptors (Lipinski definition) is 7. The standard InChI is InChI=1S/C24H26N4O5/c1-13-20(14(2)33-27-13)18-9-16(21-22-23(18)32-8-7-28(22)24(29)26-21)12-25-11-15-5-6-17(30-3)10-19(15)31-4/h5-6,9-10,25H,7-8,11-12H2,1-4H3,(H,26,29). The predicted octanol–water partition coefficient (Wildman–Crippen LogP) is 3.30. The predicted molar refractivity (Wildman–Crippen MR) is 123 cm³/mol. The van der Waals surface area contributed by atoms with Crippen molar-refractivity contribution in [1.82, 2.24) is 20.0 Å². The molecule has 2 aromatic heterocycles. The lowest BCUT2D eigenvalue weighted by atomic mass is 9.98. The zero-order chi connectivity index (χ0) is 23.1. The lowest BCUT2D eigenvalue weighted by Crippen LogP contribution is -2.24. The molecular weight excluding hydrogens is 424 g/mol. The Morgan fingerprint density at radius 2 is 1.97 bits per heavy atom. The Labute approximate surface area is 190 Å². The highest BCUT2D eigenvalue weighted by Crippen LogP contribution is 2.42. The van der Waals surface area contributed by atoms with Gasteiger partial charge in [0.15, 0.2) is 5.75 Å². The Bertz CT molecular complexity index is 1380. The number of ether oxygens (including phenoxy) is 3. The normalized spacial score (nSPS) is 12.7. The first kappa shape index (κ1) is 21.1. The van der Waals surface area contributed by atoms with Crippen LogP contribution in [0, 0.1) is 13.8 Å². The van der Waals surface area contributed by atoms with E-state index in [1.54, 1.807) is 18.8 Å². The molecule has 0 amide bonds. The second-order valence-corrected chi connectivity index (χ2v) is 8.05. The molecule has 2 aromatic carbocycles. The lowest BCUT2D eigenvalue weighted by molar-refractivity contribution is 0.286. The summed E-state index contributed by atoms with van der Waals surface area (Å²) in [6.07, 6.45) is 0. The lowest BCUT2D eigenvalue weighted by Gasteiger charge is -2.20. The molecule has 9 heteroatoms. The van der Waals surface area contributed by atoms with E-state index < -0.39 is 0 Å². The maximum absolute atomic E-state index is 12.7. The Kier molecular flexibility index (Phi) is 5.33. The largest absolute Gasteiger partial charge is 0.497 e. The van der Waals surface area contributed by atoms with Gasteiger partial charge in [-0.05, 0) is 31.5 Å². The topological polar surface area (TPSA) is 104 Å². The summed E-state index contributed by atoms with van der Waals surface area (Å²) >= 11 is 0. The number of nitrogens with one attached hydrogen (secondary N) is 2. The van der Waals surface area contributed by atoms with Gasteiger partial charge < -0.3 is 29.0 Å². The van der Waals surface area contributed by atoms with Crippen molar-refractivity contribution in [3.63, 3.8) is 0 Å². The number of aromatic nitrogens is 3. The molecule has 0 saturated carbocycles. The molecule has 2 N–H and O–H groups in total. The number of methoxy groups -OCH3 is 2. The van der Waals surface area contributed by atoms with Gasteiger partial charge in [-0.1, -0.05) is 11.2 Å². The Hall–Kier alpha value is -3.72. The molecule has 0 unspecified atom stereocenters. The van der Waals surface area contributed by atoms with Gasteiger partial charge in [0.05, 0.1) is 37.5 Å². The van der Waals surface area contributed by atoms with E-state index in [0.29, 0.717) is 37.8 Å². The van der Waals surface area contributed by atoms with E-state index in [0.717, 1.165) is 50.5 Å². The maximum atomic E-state index is 12.7. The number of hydrogen-bond donors (Lipinski definition) is 2. The molecule has 0 spiro atoms. The monoisotopic (exact) mass is 450 g/mol. The molecule has 0 radical (unpaired) electrons. The molecule has 3 heterocycles. The minimum Gasteiger partial charge on any atom is -0.497 e. The quantitative estimate of drug-likeness (QED) is 0.445. The SMILES string of the molecule is COc1ccc(CNCc2cc(-c3c(C)noc3C)c3c4c2[nH]c(=O)n4CCO3)c(OC)c1. The molecule has 1 aliphatic rings. The van der Waals surface area contributed by atoms with Gasteiger partial charge in [0.25, 0.3) is 0 Å². The molecule has 5 rings (SSSR count). The number of benzene rings is 2. The molecule has 172 valence electrons. The van der Waals surface area contributed by atoms with E-state index in [9.17, 15) is 4.79 Å². The highest BCUT2D eigenvalue weighted by atomic mass is 16.5. The Morgan fingerprint density at radius 1 is 1.15 bits per heavy atom. The van der Waals surface area contributed by atoms with Crippen LogP contribution in [0.1, 0.15) is 22.6 Å². The van der Waals surface area contributed by atoms with Gasteiger partial charge in [0.1, 0.15) is 29.4 Å². The molecule has 0 atom stereocenters. The zero-order valence-electron chi connectivity index (χ0n) is 19.1. The summed E-state index contributed by atoms with van der Waals surface area (Å²) in [7, 11) is 3.27. The fraction of sp³-hybridized carbons (Fsp3) is 0.333. The summed E-state index contributed by atoms with van der Waals surface area (Å²) in [5.41, 5.74) is 5.94. The molecule has 1 aliphatic heterocycles. The van der Waals surface area contributed by atoms with Crippen LogP contribution in [0.3, 0.4) is 0 Å². The van der Waals surface area contributed by atoms with Crippen molar-refractivity contribution < 1.29 is 18.7 Å². The van der Waals surface area contributed by atoms with Crippen LogP contribution < -0.4 is 25.2 Å². The first-order valence-corrected chi connectivity index (χ1v) is 10.8. The first-order valence-electron chi connectivity index (χ1n) is 10.8. The number of aryl methyl sites for hydroxylation is 2. The van der Waals surface area contributed by atoms with E-state index in [1.165, 1.54) is 0 Å². The van der Waals surface area contributed by atoms with Crippen LogP contribution in [-0.2, 0) is 19.6 Å². The van der Waals surface area contributed by atoms with Crippen LogP contribution in [0.25, 0.3) is 22.2 Å². The highest BCUT2D eigenvalue weighted by molar-refractivity contribution is 5.94. The molecule has 4 aromatic rings. The summed E-state index contributed by atoms with van der Waals surface area (Å²) in [5.74, 6) is 2.89. The van der Waals surface area contributed by atoms with E-state index in [2.05, 4.69) is 15.5 Å². The summed E-state index contributed by atoms with van der Waals surface area (Å²) < 4.78 is 24.0. The maximum Gasteiger partial charge on any atom is 0.326 e. The fourth-order valence-corrected chi connectivity index (χ4v) is 4.50. The molecule has 0 saturated heterocycles. The van der Waals surface area contributed by atoms with E-state index in [4.69, 9.17) is 18.7 Å². The van der Waals surface area contributed by atoms with Crippen molar-refractivity contribution >= 4 is 11.0 Å². The fourth-order valence-electron chi connectivity index (χ4n) is 4.50. The Morgan fingerprint density at radius 3 is 2.70 bits per heavy atom. The van der Waals surface area contributed by atoms with Gasteiger partial charge in [0, 0.05) is 30.3 Å². The smallest absolute Gasteiger partial charge is 0.326 e. The van der Waals surface area contributed by atoms with Crippen molar-refractivity contribution in [3.8, 4) is 28.4 Å². The van der Waals surface area contributed by atoms with Crippen LogP contribution >= 0.6 is 0 Å². The second kappa shape index (κ2) is 8.32. The number of rotatable bonds is 7. The Balaban J connectivity index is 1.54. The highest BCUT2D eigenvalue weighted by Gasteiger charge is 2.26. The van der Waals surface area contributed by atoms with Crippen LogP contribution in [0.5, 0.6) is 17.2 Å². The van der Waals surface area contributed by atoms with Crippen molar-refractivity contribution in [1.29, 1.82) is 0 Å². The molecule has 33 heavy (non-hydrogen) atoms. The van der Waals surface area contributed by atoms with Gasteiger partial charge in [-0.2, -0.15) is 0 Å². The van der Waals surface area contributed by atoms with E-state index in [1.807, 2.05) is 38.1 Å². The average Bonchev–Trinajstić information content (AvgIpc) is 3.35. The summed E-state index contributed by atoms with van der Waals surface area (Å²) in [4.78, 5) is 15.7. The molecule has 0 bridgehead atoms. The van der Waals surface area contributed by atoms with Gasteiger partial charge in [-0.3, -0.25) is 4.57 Å². The first-order chi connectivity index (χ1) is 16.0.